The Bertz CT molecular complexity index is 299. The zero-order valence-electron chi connectivity index (χ0n) is 7.95. The molecule has 0 saturated carbocycles. The third kappa shape index (κ3) is 2.33. The smallest absolute Gasteiger partial charge is 0.0200 e. The molecular formula is C11H14BrNS. The molecule has 76 valence electrons. The third-order valence-corrected chi connectivity index (χ3v) is 4.37. The maximum absolute atomic E-state index is 6.12. The Balaban J connectivity index is 2.16. The molecule has 1 fully saturated rings. The Morgan fingerprint density at radius 1 is 1.29 bits per heavy atom. The molecule has 2 atom stereocenters. The van der Waals surface area contributed by atoms with Crippen LogP contribution in [0.25, 0.3) is 0 Å². The molecule has 2 N–H and O–H groups in total. The average molecular weight is 272 g/mol. The van der Waals surface area contributed by atoms with E-state index in [-0.39, 0.29) is 0 Å². The topological polar surface area (TPSA) is 26.0 Å². The largest absolute Gasteiger partial charge is 0.326 e. The summed E-state index contributed by atoms with van der Waals surface area (Å²) in [7, 11) is 0. The highest BCUT2D eigenvalue weighted by molar-refractivity contribution is 9.10. The minimum Gasteiger partial charge on any atom is -0.326 e. The lowest BCUT2D eigenvalue weighted by Crippen LogP contribution is -2.34. The van der Waals surface area contributed by atoms with Crippen molar-refractivity contribution in [3.8, 4) is 0 Å². The Morgan fingerprint density at radius 2 is 2.00 bits per heavy atom. The molecule has 1 aromatic carbocycles. The molecule has 1 aromatic rings. The highest BCUT2D eigenvalue weighted by Crippen LogP contribution is 2.31. The fourth-order valence-electron chi connectivity index (χ4n) is 1.88. The molecule has 0 aliphatic carbocycles. The number of benzene rings is 1. The quantitative estimate of drug-likeness (QED) is 0.850. The van der Waals surface area contributed by atoms with E-state index in [4.69, 9.17) is 5.73 Å². The first-order chi connectivity index (χ1) is 6.77. The van der Waals surface area contributed by atoms with Crippen molar-refractivity contribution in [1.29, 1.82) is 0 Å². The SMILES string of the molecule is NC1CSCCC1c1ccc(Br)cc1. The Kier molecular flexibility index (Phi) is 3.52. The van der Waals surface area contributed by atoms with Crippen LogP contribution in [0.15, 0.2) is 28.7 Å². The molecule has 1 heterocycles. The van der Waals surface area contributed by atoms with Crippen molar-refractivity contribution in [2.45, 2.75) is 18.4 Å². The van der Waals surface area contributed by atoms with Gasteiger partial charge in [-0.1, -0.05) is 28.1 Å². The van der Waals surface area contributed by atoms with E-state index >= 15 is 0 Å². The molecule has 0 aromatic heterocycles. The van der Waals surface area contributed by atoms with Gasteiger partial charge in [-0.3, -0.25) is 0 Å². The monoisotopic (exact) mass is 271 g/mol. The first-order valence-corrected chi connectivity index (χ1v) is 6.81. The summed E-state index contributed by atoms with van der Waals surface area (Å²) < 4.78 is 1.14. The van der Waals surface area contributed by atoms with Gasteiger partial charge in [-0.05, 0) is 29.9 Å². The summed E-state index contributed by atoms with van der Waals surface area (Å²) >= 11 is 5.42. The number of nitrogens with two attached hydrogens (primary N) is 1. The van der Waals surface area contributed by atoms with Gasteiger partial charge in [-0.2, -0.15) is 11.8 Å². The van der Waals surface area contributed by atoms with E-state index in [1.54, 1.807) is 0 Å². The van der Waals surface area contributed by atoms with Crippen molar-refractivity contribution < 1.29 is 0 Å². The third-order valence-electron chi connectivity index (χ3n) is 2.70. The summed E-state index contributed by atoms with van der Waals surface area (Å²) in [5.74, 6) is 2.90. The molecule has 1 aliphatic rings. The van der Waals surface area contributed by atoms with Crippen LogP contribution < -0.4 is 5.73 Å². The first kappa shape index (κ1) is 10.5. The van der Waals surface area contributed by atoms with Crippen LogP contribution in [0.2, 0.25) is 0 Å². The van der Waals surface area contributed by atoms with Gasteiger partial charge in [-0.15, -0.1) is 0 Å². The van der Waals surface area contributed by atoms with Crippen LogP contribution in [-0.4, -0.2) is 17.5 Å². The Hall–Kier alpha value is 0.01000. The molecule has 0 bridgehead atoms. The summed E-state index contributed by atoms with van der Waals surface area (Å²) in [4.78, 5) is 0. The molecule has 0 radical (unpaired) electrons. The molecule has 3 heteroatoms. The van der Waals surface area contributed by atoms with Crippen LogP contribution in [0.3, 0.4) is 0 Å². The van der Waals surface area contributed by atoms with E-state index in [1.165, 1.54) is 17.7 Å². The van der Waals surface area contributed by atoms with E-state index in [9.17, 15) is 0 Å². The summed E-state index contributed by atoms with van der Waals surface area (Å²) in [5, 5.41) is 0. The fraction of sp³-hybridized carbons (Fsp3) is 0.455. The van der Waals surface area contributed by atoms with Crippen molar-refractivity contribution in [2.75, 3.05) is 11.5 Å². The van der Waals surface area contributed by atoms with Crippen LogP contribution in [0.1, 0.15) is 17.9 Å². The van der Waals surface area contributed by atoms with Crippen molar-refractivity contribution in [2.24, 2.45) is 5.73 Å². The van der Waals surface area contributed by atoms with Crippen LogP contribution in [0, 0.1) is 0 Å². The number of hydrogen-bond donors (Lipinski definition) is 1. The molecule has 2 unspecified atom stereocenters. The molecule has 14 heavy (non-hydrogen) atoms. The molecule has 1 aliphatic heterocycles. The standard InChI is InChI=1S/C11H14BrNS/c12-9-3-1-8(2-4-9)10-5-6-14-7-11(10)13/h1-4,10-11H,5-7,13H2. The van der Waals surface area contributed by atoms with Gasteiger partial charge in [0.05, 0.1) is 0 Å². The molecule has 0 amide bonds. The lowest BCUT2D eigenvalue weighted by atomic mass is 9.90. The highest BCUT2D eigenvalue weighted by Gasteiger charge is 2.23. The molecule has 1 saturated heterocycles. The van der Waals surface area contributed by atoms with Gasteiger partial charge >= 0.3 is 0 Å². The predicted molar refractivity (Wildman–Crippen MR) is 66.8 cm³/mol. The van der Waals surface area contributed by atoms with Gasteiger partial charge in [-0.25, -0.2) is 0 Å². The van der Waals surface area contributed by atoms with Crippen LogP contribution in [-0.2, 0) is 0 Å². The highest BCUT2D eigenvalue weighted by atomic mass is 79.9. The fourth-order valence-corrected chi connectivity index (χ4v) is 3.24. The van der Waals surface area contributed by atoms with Crippen molar-refractivity contribution >= 4 is 27.7 Å². The van der Waals surface area contributed by atoms with Gasteiger partial charge < -0.3 is 5.73 Å². The molecule has 1 nitrogen and oxygen atoms in total. The van der Waals surface area contributed by atoms with E-state index in [0.29, 0.717) is 12.0 Å². The number of hydrogen-bond acceptors (Lipinski definition) is 2. The zero-order valence-corrected chi connectivity index (χ0v) is 10.4. The normalized spacial score (nSPS) is 27.6. The lowest BCUT2D eigenvalue weighted by Gasteiger charge is -2.28. The van der Waals surface area contributed by atoms with Crippen molar-refractivity contribution in [1.82, 2.24) is 0 Å². The minimum atomic E-state index is 0.329. The Morgan fingerprint density at radius 3 is 2.64 bits per heavy atom. The minimum absolute atomic E-state index is 0.329. The molecule has 0 spiro atoms. The second kappa shape index (κ2) is 4.69. The predicted octanol–water partition coefficient (Wildman–Crippen LogP) is 3.00. The molecule has 2 rings (SSSR count). The molecular weight excluding hydrogens is 258 g/mol. The second-order valence-corrected chi connectivity index (χ2v) is 5.75. The van der Waals surface area contributed by atoms with E-state index < -0.39 is 0 Å². The van der Waals surface area contributed by atoms with Gasteiger partial charge in [0.25, 0.3) is 0 Å². The van der Waals surface area contributed by atoms with Crippen molar-refractivity contribution in [3.05, 3.63) is 34.3 Å². The number of halogens is 1. The number of thioether (sulfide) groups is 1. The van der Waals surface area contributed by atoms with Gasteiger partial charge in [0.1, 0.15) is 0 Å². The van der Waals surface area contributed by atoms with Crippen LogP contribution >= 0.6 is 27.7 Å². The van der Waals surface area contributed by atoms with Crippen molar-refractivity contribution in [3.63, 3.8) is 0 Å². The first-order valence-electron chi connectivity index (χ1n) is 4.86. The lowest BCUT2D eigenvalue weighted by molar-refractivity contribution is 0.549. The van der Waals surface area contributed by atoms with Crippen LogP contribution in [0.4, 0.5) is 0 Å². The second-order valence-electron chi connectivity index (χ2n) is 3.69. The van der Waals surface area contributed by atoms with Crippen LogP contribution in [0.5, 0.6) is 0 Å². The maximum Gasteiger partial charge on any atom is 0.0200 e. The van der Waals surface area contributed by atoms with E-state index in [2.05, 4.69) is 40.2 Å². The van der Waals surface area contributed by atoms with Gasteiger partial charge in [0.2, 0.25) is 0 Å². The Labute approximate surface area is 97.6 Å². The number of rotatable bonds is 1. The van der Waals surface area contributed by atoms with Gasteiger partial charge in [0.15, 0.2) is 0 Å². The van der Waals surface area contributed by atoms with E-state index in [1.807, 2.05) is 11.8 Å². The zero-order chi connectivity index (χ0) is 9.97. The maximum atomic E-state index is 6.12. The summed E-state index contributed by atoms with van der Waals surface area (Å²) in [6.07, 6.45) is 1.22. The summed E-state index contributed by atoms with van der Waals surface area (Å²) in [6.45, 7) is 0. The summed E-state index contributed by atoms with van der Waals surface area (Å²) in [5.41, 5.74) is 7.51. The summed E-state index contributed by atoms with van der Waals surface area (Å²) in [6, 6.07) is 8.90. The average Bonchev–Trinajstić information content (AvgIpc) is 2.20. The van der Waals surface area contributed by atoms with Gasteiger partial charge in [0, 0.05) is 22.2 Å². The van der Waals surface area contributed by atoms with E-state index in [0.717, 1.165) is 10.2 Å².